The number of aryl methyl sites for hydroxylation is 1. The van der Waals surface area contributed by atoms with Gasteiger partial charge in [-0.1, -0.05) is 17.7 Å². The van der Waals surface area contributed by atoms with E-state index in [1.165, 1.54) is 12.1 Å². The van der Waals surface area contributed by atoms with Crippen LogP contribution in [0.2, 0.25) is 0 Å². The van der Waals surface area contributed by atoms with Gasteiger partial charge in [0.2, 0.25) is 15.6 Å². The molecule has 1 aromatic rings. The van der Waals surface area contributed by atoms with Crippen molar-refractivity contribution in [3.63, 3.8) is 0 Å². The first-order valence-corrected chi connectivity index (χ1v) is 9.18. The Labute approximate surface area is 141 Å². The third-order valence-electron chi connectivity index (χ3n) is 3.94. The van der Waals surface area contributed by atoms with E-state index >= 15 is 0 Å². The highest BCUT2D eigenvalue weighted by molar-refractivity contribution is 7.89. The molecule has 1 heterocycles. The Morgan fingerprint density at radius 1 is 1.08 bits per heavy atom. The molecule has 1 aromatic carbocycles. The van der Waals surface area contributed by atoms with Crippen LogP contribution in [-0.4, -0.2) is 50.0 Å². The normalized spacial score (nSPS) is 17.0. The second-order valence-corrected chi connectivity index (χ2v) is 7.30. The van der Waals surface area contributed by atoms with Gasteiger partial charge in [-0.05, 0) is 32.9 Å². The molecule has 0 amide bonds. The number of carbonyl (C=O) groups is 2. The summed E-state index contributed by atoms with van der Waals surface area (Å²) in [5.41, 5.74) is -1.03. The van der Waals surface area contributed by atoms with E-state index < -0.39 is 27.5 Å². The largest absolute Gasteiger partial charge is 0.464 e. The summed E-state index contributed by atoms with van der Waals surface area (Å²) in [7, 11) is -4.02. The van der Waals surface area contributed by atoms with Gasteiger partial charge in [-0.15, -0.1) is 0 Å². The summed E-state index contributed by atoms with van der Waals surface area (Å²) in [5.74, 6) is -1.80. The molecule has 1 saturated heterocycles. The molecule has 2 rings (SSSR count). The molecule has 0 saturated carbocycles. The highest BCUT2D eigenvalue weighted by Gasteiger charge is 2.64. The minimum absolute atomic E-state index is 0.0192. The van der Waals surface area contributed by atoms with Crippen LogP contribution in [0.3, 0.4) is 0 Å². The molecule has 1 aliphatic heterocycles. The van der Waals surface area contributed by atoms with Crippen molar-refractivity contribution in [3.8, 4) is 0 Å². The maximum absolute atomic E-state index is 12.9. The lowest BCUT2D eigenvalue weighted by Crippen LogP contribution is -2.71. The lowest BCUT2D eigenvalue weighted by molar-refractivity contribution is -0.178. The van der Waals surface area contributed by atoms with Crippen LogP contribution < -0.4 is 0 Å². The quantitative estimate of drug-likeness (QED) is 0.564. The highest BCUT2D eigenvalue weighted by atomic mass is 32.2. The number of rotatable bonds is 6. The Hall–Kier alpha value is -1.93. The van der Waals surface area contributed by atoms with Crippen LogP contribution in [0.15, 0.2) is 29.2 Å². The Morgan fingerprint density at radius 3 is 1.96 bits per heavy atom. The molecule has 0 unspecified atom stereocenters. The number of benzene rings is 1. The molecule has 1 aliphatic rings. The van der Waals surface area contributed by atoms with E-state index in [1.807, 2.05) is 6.92 Å². The fraction of sp³-hybridized carbons (Fsp3) is 0.500. The summed E-state index contributed by atoms with van der Waals surface area (Å²) in [5, 5.41) is 0. The van der Waals surface area contributed by atoms with Gasteiger partial charge in [0, 0.05) is 13.0 Å². The highest BCUT2D eigenvalue weighted by Crippen LogP contribution is 2.38. The second kappa shape index (κ2) is 6.90. The number of esters is 2. The van der Waals surface area contributed by atoms with E-state index in [4.69, 9.17) is 9.47 Å². The second-order valence-electron chi connectivity index (χ2n) is 5.44. The van der Waals surface area contributed by atoms with Crippen LogP contribution in [0.1, 0.15) is 25.8 Å². The van der Waals surface area contributed by atoms with Gasteiger partial charge in [0.15, 0.2) is 0 Å². The predicted octanol–water partition coefficient (Wildman–Crippen LogP) is 1.25. The van der Waals surface area contributed by atoms with Crippen molar-refractivity contribution in [3.05, 3.63) is 29.8 Å². The molecule has 7 nitrogen and oxygen atoms in total. The van der Waals surface area contributed by atoms with Crippen molar-refractivity contribution in [2.24, 2.45) is 0 Å². The maximum Gasteiger partial charge on any atom is 0.339 e. The molecule has 24 heavy (non-hydrogen) atoms. The summed E-state index contributed by atoms with van der Waals surface area (Å²) >= 11 is 0. The molecule has 0 aromatic heterocycles. The van der Waals surface area contributed by atoms with Gasteiger partial charge in [-0.25, -0.2) is 18.0 Å². The van der Waals surface area contributed by atoms with Crippen LogP contribution in [0.25, 0.3) is 0 Å². The van der Waals surface area contributed by atoms with Gasteiger partial charge in [0.25, 0.3) is 0 Å². The van der Waals surface area contributed by atoms with Crippen LogP contribution in [0.5, 0.6) is 0 Å². The summed E-state index contributed by atoms with van der Waals surface area (Å²) in [6, 6.07) is 6.21. The molecular weight excluding hydrogens is 334 g/mol. The zero-order valence-corrected chi connectivity index (χ0v) is 14.8. The standard InChI is InChI=1S/C16H21NO6S/c1-4-22-14(18)16(15(19)23-5-2)10-11-17(16)24(20,21)13-8-6-12(3)7-9-13/h6-9H,4-5,10-11H2,1-3H3. The number of nitrogens with zero attached hydrogens (tertiary/aromatic N) is 1. The lowest BCUT2D eigenvalue weighted by Gasteiger charge is -2.46. The van der Waals surface area contributed by atoms with E-state index in [2.05, 4.69) is 0 Å². The van der Waals surface area contributed by atoms with Crippen molar-refractivity contribution >= 4 is 22.0 Å². The van der Waals surface area contributed by atoms with Crippen molar-refractivity contribution in [1.29, 1.82) is 0 Å². The number of ether oxygens (including phenoxy) is 2. The van der Waals surface area contributed by atoms with Crippen molar-refractivity contribution < 1.29 is 27.5 Å². The van der Waals surface area contributed by atoms with Gasteiger partial charge in [-0.3, -0.25) is 0 Å². The number of carbonyl (C=O) groups excluding carboxylic acids is 2. The molecule has 8 heteroatoms. The summed E-state index contributed by atoms with van der Waals surface area (Å²) < 4.78 is 36.5. The topological polar surface area (TPSA) is 90.0 Å². The predicted molar refractivity (Wildman–Crippen MR) is 85.7 cm³/mol. The van der Waals surface area contributed by atoms with Gasteiger partial charge >= 0.3 is 11.9 Å². The van der Waals surface area contributed by atoms with Gasteiger partial charge in [0.05, 0.1) is 18.1 Å². The third kappa shape index (κ3) is 2.91. The van der Waals surface area contributed by atoms with E-state index in [1.54, 1.807) is 26.0 Å². The summed E-state index contributed by atoms with van der Waals surface area (Å²) in [4.78, 5) is 24.8. The molecule has 0 atom stereocenters. The fourth-order valence-electron chi connectivity index (χ4n) is 2.58. The van der Waals surface area contributed by atoms with E-state index in [0.29, 0.717) is 0 Å². The van der Waals surface area contributed by atoms with Crippen LogP contribution in [0, 0.1) is 6.92 Å². The Bertz CT molecular complexity index is 707. The van der Waals surface area contributed by atoms with E-state index in [9.17, 15) is 18.0 Å². The number of sulfonamides is 1. The van der Waals surface area contributed by atoms with Crippen molar-refractivity contribution in [1.82, 2.24) is 4.31 Å². The van der Waals surface area contributed by atoms with Crippen LogP contribution >= 0.6 is 0 Å². The minimum Gasteiger partial charge on any atom is -0.464 e. The third-order valence-corrected chi connectivity index (χ3v) is 5.88. The lowest BCUT2D eigenvalue weighted by atomic mass is 9.88. The Kier molecular flexibility index (Phi) is 5.29. The van der Waals surface area contributed by atoms with Gasteiger partial charge in [-0.2, -0.15) is 4.31 Å². The molecular formula is C16H21NO6S. The molecule has 1 fully saturated rings. The van der Waals surface area contributed by atoms with Crippen LogP contribution in [-0.2, 0) is 29.1 Å². The number of hydrogen-bond acceptors (Lipinski definition) is 6. The molecule has 0 bridgehead atoms. The zero-order chi connectivity index (χ0) is 18.0. The monoisotopic (exact) mass is 355 g/mol. The Morgan fingerprint density at radius 2 is 1.58 bits per heavy atom. The molecule has 0 radical (unpaired) electrons. The van der Waals surface area contributed by atoms with Crippen molar-refractivity contribution in [2.45, 2.75) is 37.6 Å². The minimum atomic E-state index is -4.02. The fourth-order valence-corrected chi connectivity index (χ4v) is 4.30. The first-order valence-electron chi connectivity index (χ1n) is 7.74. The van der Waals surface area contributed by atoms with Gasteiger partial charge < -0.3 is 9.47 Å². The molecule has 0 aliphatic carbocycles. The van der Waals surface area contributed by atoms with E-state index in [0.717, 1.165) is 9.87 Å². The molecule has 0 N–H and O–H groups in total. The average molecular weight is 355 g/mol. The van der Waals surface area contributed by atoms with Gasteiger partial charge in [0.1, 0.15) is 0 Å². The Balaban J connectivity index is 2.45. The smallest absolute Gasteiger partial charge is 0.339 e. The van der Waals surface area contributed by atoms with Crippen LogP contribution in [0.4, 0.5) is 0 Å². The SMILES string of the molecule is CCOC(=O)C1(C(=O)OCC)CCN1S(=O)(=O)c1ccc(C)cc1. The summed E-state index contributed by atoms with van der Waals surface area (Å²) in [6.07, 6.45) is 0.0375. The first kappa shape index (κ1) is 18.4. The average Bonchev–Trinajstić information content (AvgIpc) is 2.47. The van der Waals surface area contributed by atoms with Crippen molar-refractivity contribution in [2.75, 3.05) is 19.8 Å². The maximum atomic E-state index is 12.9. The van der Waals surface area contributed by atoms with E-state index in [-0.39, 0.29) is 31.1 Å². The summed E-state index contributed by atoms with van der Waals surface area (Å²) in [6.45, 7) is 5.15. The molecule has 0 spiro atoms. The first-order chi connectivity index (χ1) is 11.3. The zero-order valence-electron chi connectivity index (χ0n) is 13.9. The number of hydrogen-bond donors (Lipinski definition) is 0. The molecule has 132 valence electrons.